The van der Waals surface area contributed by atoms with E-state index >= 15 is 0 Å². The van der Waals surface area contributed by atoms with Crippen LogP contribution in [0.2, 0.25) is 0 Å². The van der Waals surface area contributed by atoms with Crippen molar-refractivity contribution in [2.45, 2.75) is 96.9 Å². The van der Waals surface area contributed by atoms with Crippen molar-refractivity contribution < 1.29 is 67.0 Å². The molecule has 3 N–H and O–H groups in total. The number of hydrogen-bond acceptors (Lipinski definition) is 7. The summed E-state index contributed by atoms with van der Waals surface area (Å²) in [6, 6.07) is 0. The Hall–Kier alpha value is 0.190. The van der Waals surface area contributed by atoms with Gasteiger partial charge >= 0.3 is 29.6 Å². The Morgan fingerprint density at radius 1 is 1.11 bits per heavy atom. The monoisotopic (exact) mass is 568 g/mol. The van der Waals surface area contributed by atoms with E-state index in [9.17, 15) is 37.5 Å². The quantitative estimate of drug-likeness (QED) is 0.207. The second-order valence-electron chi connectivity index (χ2n) is 13.1. The number of aliphatic hydroxyl groups excluding tert-OH is 3. The van der Waals surface area contributed by atoms with Gasteiger partial charge in [-0.3, -0.25) is 4.79 Å². The number of carbonyl (C=O) groups is 1. The maximum Gasteiger partial charge on any atom is 1.00 e. The summed E-state index contributed by atoms with van der Waals surface area (Å²) in [6.45, 7) is 4.92. The molecular formula is C27H45FNNaO7S. The van der Waals surface area contributed by atoms with Crippen LogP contribution in [0.4, 0.5) is 4.39 Å². The van der Waals surface area contributed by atoms with Crippen molar-refractivity contribution >= 4 is 16.0 Å². The van der Waals surface area contributed by atoms with Crippen molar-refractivity contribution in [1.29, 1.82) is 0 Å². The van der Waals surface area contributed by atoms with Crippen LogP contribution in [0.25, 0.3) is 0 Å². The fourth-order valence-electron chi connectivity index (χ4n) is 9.32. The molecule has 11 heteroatoms. The molecule has 0 spiro atoms. The molecule has 0 bridgehead atoms. The number of halogens is 1. The predicted molar refractivity (Wildman–Crippen MR) is 135 cm³/mol. The molecule has 4 aliphatic carbocycles. The normalized spacial score (nSPS) is 43.3. The third-order valence-electron chi connectivity index (χ3n) is 11.4. The summed E-state index contributed by atoms with van der Waals surface area (Å²) < 4.78 is 46.0. The van der Waals surface area contributed by atoms with Gasteiger partial charge in [0.2, 0.25) is 5.91 Å². The fraction of sp³-hybridized carbons (Fsp3) is 0.963. The number of fused-ring (bicyclic) bond motifs is 5. The van der Waals surface area contributed by atoms with Gasteiger partial charge in [-0.25, -0.2) is 12.8 Å². The molecule has 0 aromatic heterocycles. The first-order chi connectivity index (χ1) is 17.2. The van der Waals surface area contributed by atoms with Gasteiger partial charge in [0.05, 0.1) is 34.2 Å². The van der Waals surface area contributed by atoms with E-state index in [0.717, 1.165) is 37.0 Å². The minimum atomic E-state index is -4.53. The van der Waals surface area contributed by atoms with E-state index in [1.807, 2.05) is 0 Å². The third kappa shape index (κ3) is 6.03. The summed E-state index contributed by atoms with van der Waals surface area (Å²) in [6.07, 6.45) is 4.81. The van der Waals surface area contributed by atoms with Gasteiger partial charge in [0.15, 0.2) is 6.80 Å². The second kappa shape index (κ2) is 12.2. The summed E-state index contributed by atoms with van der Waals surface area (Å²) in [5.41, 5.74) is -0.382. The van der Waals surface area contributed by atoms with Crippen LogP contribution in [0.3, 0.4) is 0 Å². The smallest absolute Gasteiger partial charge is 0.748 e. The van der Waals surface area contributed by atoms with E-state index in [4.69, 9.17) is 0 Å². The average Bonchev–Trinajstić information content (AvgIpc) is 3.17. The first kappa shape index (κ1) is 32.7. The summed E-state index contributed by atoms with van der Waals surface area (Å²) >= 11 is 0. The van der Waals surface area contributed by atoms with Crippen LogP contribution < -0.4 is 29.6 Å². The van der Waals surface area contributed by atoms with E-state index in [1.54, 1.807) is 0 Å². The molecule has 0 aromatic rings. The Morgan fingerprint density at radius 3 is 2.42 bits per heavy atom. The molecule has 4 rings (SSSR count). The molecule has 11 atom stereocenters. The molecule has 0 radical (unpaired) electrons. The van der Waals surface area contributed by atoms with Crippen LogP contribution in [0.15, 0.2) is 0 Å². The molecular weight excluding hydrogens is 523 g/mol. The van der Waals surface area contributed by atoms with Gasteiger partial charge in [-0.15, -0.1) is 0 Å². The number of nitrogens with zero attached hydrogens (tertiary/aromatic N) is 1. The number of aliphatic hydroxyl groups is 3. The maximum absolute atomic E-state index is 13.3. The molecule has 4 fully saturated rings. The van der Waals surface area contributed by atoms with Crippen LogP contribution >= 0.6 is 0 Å². The zero-order valence-corrected chi connectivity index (χ0v) is 26.2. The maximum atomic E-state index is 13.3. The average molecular weight is 569 g/mol. The van der Waals surface area contributed by atoms with Crippen LogP contribution in [-0.2, 0) is 14.9 Å². The third-order valence-corrected chi connectivity index (χ3v) is 12.1. The minimum Gasteiger partial charge on any atom is -0.748 e. The van der Waals surface area contributed by atoms with Gasteiger partial charge in [-0.05, 0) is 97.7 Å². The largest absolute Gasteiger partial charge is 1.00 e. The van der Waals surface area contributed by atoms with E-state index in [0.29, 0.717) is 19.3 Å². The topological polar surface area (TPSA) is 138 Å². The first-order valence-corrected chi connectivity index (χ1v) is 15.6. The number of carbonyl (C=O) groups excluding carboxylic acids is 1. The van der Waals surface area contributed by atoms with Crippen LogP contribution in [0.5, 0.6) is 0 Å². The second-order valence-corrected chi connectivity index (χ2v) is 14.6. The molecule has 38 heavy (non-hydrogen) atoms. The fourth-order valence-corrected chi connectivity index (χ4v) is 9.76. The Labute approximate surface area is 249 Å². The molecule has 0 saturated heterocycles. The van der Waals surface area contributed by atoms with Crippen LogP contribution in [0, 0.1) is 46.3 Å². The summed E-state index contributed by atoms with van der Waals surface area (Å²) in [5, 5.41) is 33.3. The SMILES string of the molecule is C[C@H](CCC(=O)N(C[18F])CCS(=O)(=O)[O-])[C@H]1CCC2C3C(C[C@H](O)[C@@]21C)[C@@]1(C)CC[C@@H](O)CC1C[C@H]3O.[Na+]. The zero-order valence-electron chi connectivity index (χ0n) is 23.4. The van der Waals surface area contributed by atoms with Crippen molar-refractivity contribution in [3.63, 3.8) is 0 Å². The van der Waals surface area contributed by atoms with Crippen LogP contribution in [-0.4, -0.2) is 76.5 Å². The van der Waals surface area contributed by atoms with Gasteiger partial charge in [0.1, 0.15) is 0 Å². The van der Waals surface area contributed by atoms with E-state index in [2.05, 4.69) is 20.8 Å². The molecule has 4 aliphatic rings. The van der Waals surface area contributed by atoms with E-state index < -0.39 is 52.7 Å². The Morgan fingerprint density at radius 2 is 1.79 bits per heavy atom. The van der Waals surface area contributed by atoms with Gasteiger partial charge in [-0.1, -0.05) is 20.8 Å². The number of rotatable bonds is 8. The van der Waals surface area contributed by atoms with Crippen molar-refractivity contribution in [3.8, 4) is 0 Å². The number of alkyl halides is 1. The molecule has 0 aromatic carbocycles. The minimum absolute atomic E-state index is 0. The Kier molecular flexibility index (Phi) is 10.5. The van der Waals surface area contributed by atoms with Gasteiger partial charge in [0, 0.05) is 13.0 Å². The van der Waals surface area contributed by atoms with Crippen molar-refractivity contribution in [1.82, 2.24) is 4.90 Å². The van der Waals surface area contributed by atoms with Gasteiger partial charge in [-0.2, -0.15) is 0 Å². The zero-order chi connectivity index (χ0) is 27.3. The Balaban J connectivity index is 0.00000400. The van der Waals surface area contributed by atoms with Crippen molar-refractivity contribution in [2.24, 2.45) is 46.3 Å². The van der Waals surface area contributed by atoms with Crippen molar-refractivity contribution in [2.75, 3.05) is 19.1 Å². The van der Waals surface area contributed by atoms with E-state index in [1.165, 1.54) is 0 Å². The first-order valence-electron chi connectivity index (χ1n) is 14.0. The van der Waals surface area contributed by atoms with Gasteiger partial charge in [0.25, 0.3) is 0 Å². The number of hydrogen-bond donors (Lipinski definition) is 3. The molecule has 214 valence electrons. The standard InChI is InChI=1S/C27H46FNO7S.Na/c1-16(4-7-24(33)29(15-28)10-11-37(34,35)36)19-5-6-20-25-21(14-23(32)27(19,20)3)26(2)9-8-18(30)12-17(26)13-22(25)31;/h16-23,25,30-32H,4-15H2,1-3H3,(H,34,35,36);/q;+1/p-1/t16-,17?,18-,19-,20?,21?,22-,23+,25?,26+,27-;/m1./s1/i28-1;. The molecule has 4 saturated carbocycles. The summed E-state index contributed by atoms with van der Waals surface area (Å²) in [4.78, 5) is 13.3. The summed E-state index contributed by atoms with van der Waals surface area (Å²) in [7, 11) is -4.53. The van der Waals surface area contributed by atoms with Gasteiger partial charge < -0.3 is 24.8 Å². The molecule has 0 aliphatic heterocycles. The van der Waals surface area contributed by atoms with E-state index in [-0.39, 0.29) is 83.0 Å². The van der Waals surface area contributed by atoms with Crippen molar-refractivity contribution in [3.05, 3.63) is 0 Å². The number of amides is 1. The van der Waals surface area contributed by atoms with Crippen LogP contribution in [0.1, 0.15) is 78.6 Å². The molecule has 4 unspecified atom stereocenters. The summed E-state index contributed by atoms with van der Waals surface area (Å²) in [5.74, 6) is -0.335. The molecule has 0 heterocycles. The molecule has 8 nitrogen and oxygen atoms in total. The predicted octanol–water partition coefficient (Wildman–Crippen LogP) is -0.331. The Bertz CT molecular complexity index is 956. The molecule has 1 amide bonds.